The van der Waals surface area contributed by atoms with Crippen LogP contribution in [0.1, 0.15) is 30.7 Å². The Balaban J connectivity index is 3.03. The van der Waals surface area contributed by atoms with Crippen molar-refractivity contribution in [1.29, 1.82) is 0 Å². The minimum absolute atomic E-state index is 0.0586. The summed E-state index contributed by atoms with van der Waals surface area (Å²) in [4.78, 5) is 4.08. The standard InChI is InChI=1S/C13H19F3N2O/c1-5-17-7-11-8(2)6-9(3)18-12(11)19-10(4)13(14,15)16/h6,10,17H,5,7H2,1-4H3. The molecule has 0 aliphatic carbocycles. The van der Waals surface area contributed by atoms with Crippen molar-refractivity contribution in [3.8, 4) is 5.88 Å². The normalized spacial score (nSPS) is 13.4. The van der Waals surface area contributed by atoms with Gasteiger partial charge in [0.1, 0.15) is 0 Å². The second-order valence-corrected chi connectivity index (χ2v) is 4.45. The van der Waals surface area contributed by atoms with Crippen LogP contribution in [-0.4, -0.2) is 23.8 Å². The summed E-state index contributed by atoms with van der Waals surface area (Å²) >= 11 is 0. The van der Waals surface area contributed by atoms with Crippen LogP contribution in [-0.2, 0) is 6.54 Å². The van der Waals surface area contributed by atoms with Gasteiger partial charge in [-0.3, -0.25) is 0 Å². The number of nitrogens with one attached hydrogen (secondary N) is 1. The number of hydrogen-bond donors (Lipinski definition) is 1. The first-order valence-electron chi connectivity index (χ1n) is 6.17. The molecule has 0 fully saturated rings. The third kappa shape index (κ3) is 4.38. The van der Waals surface area contributed by atoms with Crippen molar-refractivity contribution in [2.75, 3.05) is 6.54 Å². The molecule has 6 heteroatoms. The Morgan fingerprint density at radius 3 is 2.53 bits per heavy atom. The molecule has 0 saturated heterocycles. The molecule has 3 nitrogen and oxygen atoms in total. The van der Waals surface area contributed by atoms with E-state index in [2.05, 4.69) is 10.3 Å². The summed E-state index contributed by atoms with van der Waals surface area (Å²) < 4.78 is 42.6. The molecule has 1 aromatic heterocycles. The van der Waals surface area contributed by atoms with Gasteiger partial charge >= 0.3 is 6.18 Å². The van der Waals surface area contributed by atoms with Gasteiger partial charge in [0.25, 0.3) is 0 Å². The number of nitrogens with zero attached hydrogens (tertiary/aromatic N) is 1. The van der Waals surface area contributed by atoms with Crippen molar-refractivity contribution >= 4 is 0 Å². The molecule has 0 aromatic carbocycles. The van der Waals surface area contributed by atoms with Gasteiger partial charge in [0.2, 0.25) is 5.88 Å². The van der Waals surface area contributed by atoms with Crippen LogP contribution in [0.15, 0.2) is 6.07 Å². The molecule has 1 rings (SSSR count). The minimum Gasteiger partial charge on any atom is -0.465 e. The largest absolute Gasteiger partial charge is 0.465 e. The lowest BCUT2D eigenvalue weighted by Gasteiger charge is -2.20. The minimum atomic E-state index is -4.39. The lowest BCUT2D eigenvalue weighted by Crippen LogP contribution is -2.32. The zero-order chi connectivity index (χ0) is 14.6. The predicted molar refractivity (Wildman–Crippen MR) is 67.2 cm³/mol. The molecule has 0 bridgehead atoms. The fourth-order valence-electron chi connectivity index (χ4n) is 1.63. The highest BCUT2D eigenvalue weighted by molar-refractivity contribution is 5.36. The monoisotopic (exact) mass is 276 g/mol. The van der Waals surface area contributed by atoms with E-state index in [1.165, 1.54) is 0 Å². The molecule has 0 amide bonds. The molecule has 0 aliphatic heterocycles. The van der Waals surface area contributed by atoms with Crippen molar-refractivity contribution in [3.05, 3.63) is 22.9 Å². The van der Waals surface area contributed by atoms with E-state index in [4.69, 9.17) is 4.74 Å². The van der Waals surface area contributed by atoms with Crippen molar-refractivity contribution in [2.24, 2.45) is 0 Å². The maximum Gasteiger partial charge on any atom is 0.425 e. The van der Waals surface area contributed by atoms with E-state index in [0.717, 1.165) is 19.0 Å². The van der Waals surface area contributed by atoms with Crippen LogP contribution < -0.4 is 10.1 Å². The number of aryl methyl sites for hydroxylation is 2. The highest BCUT2D eigenvalue weighted by Gasteiger charge is 2.38. The Labute approximate surface area is 111 Å². The summed E-state index contributed by atoms with van der Waals surface area (Å²) in [6.45, 7) is 7.64. The third-order valence-electron chi connectivity index (χ3n) is 2.74. The Bertz CT molecular complexity index is 433. The van der Waals surface area contributed by atoms with Gasteiger partial charge in [-0.25, -0.2) is 4.98 Å². The van der Waals surface area contributed by atoms with Crippen LogP contribution in [0.25, 0.3) is 0 Å². The predicted octanol–water partition coefficient (Wildman–Crippen LogP) is 3.14. The fraction of sp³-hybridized carbons (Fsp3) is 0.615. The van der Waals surface area contributed by atoms with E-state index in [1.807, 2.05) is 19.9 Å². The van der Waals surface area contributed by atoms with Gasteiger partial charge < -0.3 is 10.1 Å². The van der Waals surface area contributed by atoms with Crippen LogP contribution >= 0.6 is 0 Å². The van der Waals surface area contributed by atoms with E-state index >= 15 is 0 Å². The third-order valence-corrected chi connectivity index (χ3v) is 2.74. The molecule has 1 N–H and O–H groups in total. The SMILES string of the molecule is CCNCc1c(C)cc(C)nc1OC(C)C(F)(F)F. The van der Waals surface area contributed by atoms with E-state index in [0.29, 0.717) is 17.8 Å². The number of hydrogen-bond acceptors (Lipinski definition) is 3. The average molecular weight is 276 g/mol. The topological polar surface area (TPSA) is 34.2 Å². The lowest BCUT2D eigenvalue weighted by molar-refractivity contribution is -0.190. The number of alkyl halides is 3. The van der Waals surface area contributed by atoms with E-state index in [9.17, 15) is 13.2 Å². The number of halogens is 3. The van der Waals surface area contributed by atoms with Gasteiger partial charge in [0, 0.05) is 17.8 Å². The summed E-state index contributed by atoms with van der Waals surface area (Å²) in [6, 6.07) is 1.83. The smallest absolute Gasteiger partial charge is 0.425 e. The Morgan fingerprint density at radius 1 is 1.37 bits per heavy atom. The molecule has 0 spiro atoms. The Morgan fingerprint density at radius 2 is 2.00 bits per heavy atom. The molecular weight excluding hydrogens is 257 g/mol. The van der Waals surface area contributed by atoms with Crippen LogP contribution in [0, 0.1) is 13.8 Å². The summed E-state index contributed by atoms with van der Waals surface area (Å²) in [5.41, 5.74) is 2.18. The van der Waals surface area contributed by atoms with Gasteiger partial charge in [-0.15, -0.1) is 0 Å². The second-order valence-electron chi connectivity index (χ2n) is 4.45. The number of ether oxygens (including phenoxy) is 1. The Kier molecular flexibility index (Phi) is 5.17. The van der Waals surface area contributed by atoms with Gasteiger partial charge in [0.15, 0.2) is 6.10 Å². The first-order valence-corrected chi connectivity index (χ1v) is 6.17. The van der Waals surface area contributed by atoms with Gasteiger partial charge in [-0.1, -0.05) is 6.92 Å². The molecular formula is C13H19F3N2O. The fourth-order valence-corrected chi connectivity index (χ4v) is 1.63. The first-order chi connectivity index (χ1) is 8.75. The van der Waals surface area contributed by atoms with Crippen LogP contribution in [0.5, 0.6) is 5.88 Å². The molecule has 19 heavy (non-hydrogen) atoms. The zero-order valence-electron chi connectivity index (χ0n) is 11.6. The van der Waals surface area contributed by atoms with Crippen LogP contribution in [0.2, 0.25) is 0 Å². The molecule has 1 heterocycles. The molecule has 0 saturated carbocycles. The number of pyridine rings is 1. The van der Waals surface area contributed by atoms with Crippen LogP contribution in [0.3, 0.4) is 0 Å². The zero-order valence-corrected chi connectivity index (χ0v) is 11.6. The summed E-state index contributed by atoms with van der Waals surface area (Å²) in [5.74, 6) is 0.0586. The van der Waals surface area contributed by atoms with Gasteiger partial charge in [-0.2, -0.15) is 13.2 Å². The lowest BCUT2D eigenvalue weighted by atomic mass is 10.1. The maximum atomic E-state index is 12.6. The van der Waals surface area contributed by atoms with E-state index in [1.54, 1.807) is 6.92 Å². The summed E-state index contributed by atoms with van der Waals surface area (Å²) in [7, 11) is 0. The molecule has 1 aromatic rings. The Hall–Kier alpha value is -1.30. The average Bonchev–Trinajstić information content (AvgIpc) is 2.26. The van der Waals surface area contributed by atoms with Crippen molar-refractivity contribution < 1.29 is 17.9 Å². The highest BCUT2D eigenvalue weighted by Crippen LogP contribution is 2.27. The van der Waals surface area contributed by atoms with E-state index < -0.39 is 12.3 Å². The second kappa shape index (κ2) is 6.23. The summed E-state index contributed by atoms with van der Waals surface area (Å²) in [5, 5.41) is 3.08. The number of aromatic nitrogens is 1. The van der Waals surface area contributed by atoms with Crippen molar-refractivity contribution in [1.82, 2.24) is 10.3 Å². The van der Waals surface area contributed by atoms with E-state index in [-0.39, 0.29) is 5.88 Å². The molecule has 108 valence electrons. The number of rotatable bonds is 5. The highest BCUT2D eigenvalue weighted by atomic mass is 19.4. The van der Waals surface area contributed by atoms with Crippen molar-refractivity contribution in [2.45, 2.75) is 46.5 Å². The molecule has 0 radical (unpaired) electrons. The quantitative estimate of drug-likeness (QED) is 0.897. The van der Waals surface area contributed by atoms with Crippen molar-refractivity contribution in [3.63, 3.8) is 0 Å². The first kappa shape index (κ1) is 15.8. The molecule has 0 aliphatic rings. The van der Waals surface area contributed by atoms with Gasteiger partial charge in [0.05, 0.1) is 0 Å². The summed E-state index contributed by atoms with van der Waals surface area (Å²) in [6.07, 6.45) is -6.27. The van der Waals surface area contributed by atoms with Crippen LogP contribution in [0.4, 0.5) is 13.2 Å². The molecule has 1 unspecified atom stereocenters. The maximum absolute atomic E-state index is 12.6. The molecule has 1 atom stereocenters. The van der Waals surface area contributed by atoms with Gasteiger partial charge in [-0.05, 0) is 38.9 Å².